The van der Waals surface area contributed by atoms with E-state index in [0.29, 0.717) is 47.8 Å². The molecule has 0 saturated carbocycles. The van der Waals surface area contributed by atoms with Crippen molar-refractivity contribution in [3.05, 3.63) is 41.5 Å². The molecule has 31 heavy (non-hydrogen) atoms. The number of nitrogens with zero attached hydrogens (tertiary/aromatic N) is 1. The summed E-state index contributed by atoms with van der Waals surface area (Å²) in [5.41, 5.74) is 2.06. The summed E-state index contributed by atoms with van der Waals surface area (Å²) in [6.45, 7) is 1.26. The van der Waals surface area contributed by atoms with E-state index >= 15 is 0 Å². The molecule has 0 aliphatic rings. The number of benzene rings is 2. The monoisotopic (exact) mass is 545 g/mol. The van der Waals surface area contributed by atoms with Gasteiger partial charge in [0, 0.05) is 25.7 Å². The molecule has 8 nitrogen and oxygen atoms in total. The lowest BCUT2D eigenvalue weighted by Gasteiger charge is -2.17. The Labute approximate surface area is 201 Å². The summed E-state index contributed by atoms with van der Waals surface area (Å²) in [7, 11) is 9.81. The summed E-state index contributed by atoms with van der Waals surface area (Å²) in [6, 6.07) is 9.65. The summed E-state index contributed by atoms with van der Waals surface area (Å²) in [4.78, 5) is 4.28. The fraction of sp³-hybridized carbons (Fsp3) is 0.409. The number of guanidine groups is 1. The number of methoxy groups -OCH3 is 5. The van der Waals surface area contributed by atoms with Crippen LogP contribution in [0.25, 0.3) is 0 Å². The minimum Gasteiger partial charge on any atom is -0.493 e. The maximum atomic E-state index is 5.54. The first-order valence-corrected chi connectivity index (χ1v) is 9.55. The lowest BCUT2D eigenvalue weighted by Crippen LogP contribution is -2.37. The molecule has 172 valence electrons. The zero-order chi connectivity index (χ0) is 21.9. The van der Waals surface area contributed by atoms with Crippen LogP contribution in [0.5, 0.6) is 28.7 Å². The van der Waals surface area contributed by atoms with Crippen LogP contribution in [-0.4, -0.2) is 55.1 Å². The van der Waals surface area contributed by atoms with Crippen molar-refractivity contribution in [2.24, 2.45) is 4.99 Å². The smallest absolute Gasteiger partial charge is 0.203 e. The summed E-state index contributed by atoms with van der Waals surface area (Å²) >= 11 is 0. The number of hydrogen-bond donors (Lipinski definition) is 2. The molecular weight excluding hydrogens is 513 g/mol. The molecule has 0 radical (unpaired) electrons. The van der Waals surface area contributed by atoms with Crippen molar-refractivity contribution in [2.75, 3.05) is 49.1 Å². The fourth-order valence-electron chi connectivity index (χ4n) is 3.07. The molecule has 0 amide bonds. The quantitative estimate of drug-likeness (QED) is 0.270. The minimum absolute atomic E-state index is 0. The second-order valence-corrected chi connectivity index (χ2v) is 6.29. The van der Waals surface area contributed by atoms with Gasteiger partial charge < -0.3 is 34.3 Å². The van der Waals surface area contributed by atoms with E-state index in [-0.39, 0.29) is 24.0 Å². The lowest BCUT2D eigenvalue weighted by molar-refractivity contribution is 0.322. The van der Waals surface area contributed by atoms with Gasteiger partial charge in [0.1, 0.15) is 0 Å². The van der Waals surface area contributed by atoms with Gasteiger partial charge in [-0.15, -0.1) is 24.0 Å². The van der Waals surface area contributed by atoms with Crippen LogP contribution in [0.3, 0.4) is 0 Å². The average Bonchev–Trinajstić information content (AvgIpc) is 2.80. The molecule has 0 fully saturated rings. The molecule has 0 spiro atoms. The summed E-state index contributed by atoms with van der Waals surface area (Å²) < 4.78 is 26.9. The van der Waals surface area contributed by atoms with Gasteiger partial charge in [-0.05, 0) is 30.2 Å². The Hall–Kier alpha value is -2.56. The van der Waals surface area contributed by atoms with Gasteiger partial charge in [0.05, 0.1) is 35.5 Å². The fourth-order valence-corrected chi connectivity index (χ4v) is 3.07. The standard InChI is InChI=1S/C22H31N3O5.HI/c1-23-22(25-14-15-7-9-17(26-2)19(13-15)28-4)24-12-11-16-8-10-18(27-3)21(30-6)20(16)29-5;/h7-10,13H,11-12,14H2,1-6H3,(H2,23,24,25);1H. The Morgan fingerprint density at radius 2 is 1.42 bits per heavy atom. The van der Waals surface area contributed by atoms with Gasteiger partial charge in [0.15, 0.2) is 29.0 Å². The van der Waals surface area contributed by atoms with Crippen molar-refractivity contribution >= 4 is 29.9 Å². The van der Waals surface area contributed by atoms with Crippen molar-refractivity contribution in [1.29, 1.82) is 0 Å². The second kappa shape index (κ2) is 13.7. The highest BCUT2D eigenvalue weighted by Gasteiger charge is 2.15. The first-order chi connectivity index (χ1) is 14.6. The van der Waals surface area contributed by atoms with E-state index in [1.54, 1.807) is 42.6 Å². The van der Waals surface area contributed by atoms with Crippen molar-refractivity contribution in [3.8, 4) is 28.7 Å². The molecule has 9 heteroatoms. The maximum absolute atomic E-state index is 5.54. The first-order valence-electron chi connectivity index (χ1n) is 9.55. The van der Waals surface area contributed by atoms with Gasteiger partial charge in [-0.3, -0.25) is 4.99 Å². The molecule has 0 atom stereocenters. The molecule has 0 heterocycles. The second-order valence-electron chi connectivity index (χ2n) is 6.29. The van der Waals surface area contributed by atoms with Gasteiger partial charge >= 0.3 is 0 Å². The Morgan fingerprint density at radius 1 is 0.774 bits per heavy atom. The minimum atomic E-state index is 0. The van der Waals surface area contributed by atoms with Gasteiger partial charge in [0.25, 0.3) is 0 Å². The van der Waals surface area contributed by atoms with Crippen LogP contribution < -0.4 is 34.3 Å². The highest BCUT2D eigenvalue weighted by molar-refractivity contribution is 14.0. The van der Waals surface area contributed by atoms with Gasteiger partial charge in [-0.1, -0.05) is 12.1 Å². The molecule has 0 saturated heterocycles. The third-order valence-electron chi connectivity index (χ3n) is 4.60. The number of hydrogen-bond acceptors (Lipinski definition) is 6. The number of aliphatic imine (C=N–C) groups is 1. The van der Waals surface area contributed by atoms with Crippen LogP contribution in [0.1, 0.15) is 11.1 Å². The molecular formula is C22H32IN3O5. The summed E-state index contributed by atoms with van der Waals surface area (Å²) in [6.07, 6.45) is 0.723. The highest BCUT2D eigenvalue weighted by Crippen LogP contribution is 2.39. The molecule has 2 rings (SSSR count). The van der Waals surface area contributed by atoms with E-state index in [0.717, 1.165) is 17.5 Å². The Morgan fingerprint density at radius 3 is 2.00 bits per heavy atom. The van der Waals surface area contributed by atoms with Crippen molar-refractivity contribution in [1.82, 2.24) is 10.6 Å². The average molecular weight is 545 g/mol. The molecule has 0 aliphatic heterocycles. The van der Waals surface area contributed by atoms with Crippen LogP contribution in [0, 0.1) is 0 Å². The van der Waals surface area contributed by atoms with E-state index < -0.39 is 0 Å². The maximum Gasteiger partial charge on any atom is 0.203 e. The van der Waals surface area contributed by atoms with Crippen LogP contribution in [0.15, 0.2) is 35.3 Å². The predicted molar refractivity (Wildman–Crippen MR) is 133 cm³/mol. The third kappa shape index (κ3) is 6.98. The third-order valence-corrected chi connectivity index (χ3v) is 4.60. The highest BCUT2D eigenvalue weighted by atomic mass is 127. The number of halogens is 1. The number of nitrogens with one attached hydrogen (secondary N) is 2. The zero-order valence-electron chi connectivity index (χ0n) is 18.9. The van der Waals surface area contributed by atoms with E-state index in [1.165, 1.54) is 0 Å². The van der Waals surface area contributed by atoms with Crippen molar-refractivity contribution < 1.29 is 23.7 Å². The molecule has 0 unspecified atom stereocenters. The van der Waals surface area contributed by atoms with Gasteiger partial charge in [0.2, 0.25) is 5.75 Å². The molecule has 0 aliphatic carbocycles. The summed E-state index contributed by atoms with van der Waals surface area (Å²) in [5.74, 6) is 4.00. The van der Waals surface area contributed by atoms with Crippen LogP contribution in [0.2, 0.25) is 0 Å². The zero-order valence-corrected chi connectivity index (χ0v) is 21.2. The van der Waals surface area contributed by atoms with Gasteiger partial charge in [-0.25, -0.2) is 0 Å². The topological polar surface area (TPSA) is 82.6 Å². The predicted octanol–water partition coefficient (Wildman–Crippen LogP) is 3.26. The van der Waals surface area contributed by atoms with E-state index in [1.807, 2.05) is 30.3 Å². The lowest BCUT2D eigenvalue weighted by atomic mass is 10.1. The van der Waals surface area contributed by atoms with Crippen molar-refractivity contribution in [2.45, 2.75) is 13.0 Å². The molecule has 2 N–H and O–H groups in total. The van der Waals surface area contributed by atoms with E-state index in [4.69, 9.17) is 23.7 Å². The largest absolute Gasteiger partial charge is 0.493 e. The SMILES string of the molecule is CN=C(NCCc1ccc(OC)c(OC)c1OC)NCc1ccc(OC)c(OC)c1.I. The number of rotatable bonds is 10. The van der Waals surface area contributed by atoms with Crippen LogP contribution >= 0.6 is 24.0 Å². The molecule has 0 aromatic heterocycles. The Balaban J connectivity index is 0.00000480. The molecule has 2 aromatic rings. The molecule has 0 bridgehead atoms. The Kier molecular flexibility index (Phi) is 11.7. The first kappa shape index (κ1) is 26.5. The van der Waals surface area contributed by atoms with E-state index in [2.05, 4.69) is 15.6 Å². The normalized spacial score (nSPS) is 10.6. The number of ether oxygens (including phenoxy) is 5. The van der Waals surface area contributed by atoms with Crippen LogP contribution in [-0.2, 0) is 13.0 Å². The Bertz CT molecular complexity index is 861. The van der Waals surface area contributed by atoms with Crippen molar-refractivity contribution in [3.63, 3.8) is 0 Å². The van der Waals surface area contributed by atoms with Gasteiger partial charge in [-0.2, -0.15) is 0 Å². The van der Waals surface area contributed by atoms with Crippen LogP contribution in [0.4, 0.5) is 0 Å². The van der Waals surface area contributed by atoms with E-state index in [9.17, 15) is 0 Å². The molecule has 2 aromatic carbocycles. The summed E-state index contributed by atoms with van der Waals surface area (Å²) in [5, 5.41) is 6.61.